The van der Waals surface area contributed by atoms with Gasteiger partial charge in [0.25, 0.3) is 0 Å². The lowest BCUT2D eigenvalue weighted by Crippen LogP contribution is -1.75. The van der Waals surface area contributed by atoms with Crippen LogP contribution >= 0.6 is 23.5 Å². The number of hydrogen-bond acceptors (Lipinski definition) is 2. The van der Waals surface area contributed by atoms with Gasteiger partial charge in [0.1, 0.15) is 0 Å². The van der Waals surface area contributed by atoms with Crippen LogP contribution in [0.1, 0.15) is 12.8 Å². The third kappa shape index (κ3) is 2.69. The van der Waals surface area contributed by atoms with Gasteiger partial charge in [0.05, 0.1) is 0 Å². The molecule has 1 heterocycles. The Morgan fingerprint density at radius 3 is 1.79 bits per heavy atom. The molecule has 2 rings (SSSR count). The molecule has 0 atom stereocenters. The van der Waals surface area contributed by atoms with E-state index < -0.39 is 0 Å². The molecule has 0 radical (unpaired) electrons. The first kappa shape index (κ1) is 9.94. The molecule has 0 unspecified atom stereocenters. The van der Waals surface area contributed by atoms with E-state index in [2.05, 4.69) is 47.2 Å². The molecule has 0 aliphatic carbocycles. The largest absolute Gasteiger partial charge is 0.0972 e. The second kappa shape index (κ2) is 5.32. The molecule has 0 saturated heterocycles. The smallest absolute Gasteiger partial charge is 0.0255 e. The van der Waals surface area contributed by atoms with Gasteiger partial charge in [0, 0.05) is 9.79 Å². The van der Waals surface area contributed by atoms with Crippen molar-refractivity contribution in [3.63, 3.8) is 0 Å². The van der Waals surface area contributed by atoms with Crippen LogP contribution in [0.25, 0.3) is 0 Å². The Hall–Kier alpha value is -0.600. The van der Waals surface area contributed by atoms with Crippen LogP contribution in [-0.2, 0) is 0 Å². The summed E-state index contributed by atoms with van der Waals surface area (Å²) in [5.41, 5.74) is 0. The summed E-state index contributed by atoms with van der Waals surface area (Å²) in [6.45, 7) is 0. The van der Waals surface area contributed by atoms with Gasteiger partial charge in [0.2, 0.25) is 0 Å². The summed E-state index contributed by atoms with van der Waals surface area (Å²) >= 11 is 3.62. The van der Waals surface area contributed by atoms with Crippen LogP contribution in [0.2, 0.25) is 0 Å². The van der Waals surface area contributed by atoms with Gasteiger partial charge in [-0.25, -0.2) is 0 Å². The van der Waals surface area contributed by atoms with Crippen molar-refractivity contribution in [3.8, 4) is 0 Å². The first-order chi connectivity index (χ1) is 6.97. The highest BCUT2D eigenvalue weighted by molar-refractivity contribution is 8.05. The highest BCUT2D eigenvalue weighted by atomic mass is 32.2. The van der Waals surface area contributed by atoms with Crippen LogP contribution in [0.3, 0.4) is 0 Å². The maximum Gasteiger partial charge on any atom is 0.0255 e. The molecule has 0 nitrogen and oxygen atoms in total. The fraction of sp³-hybridized carbons (Fsp3) is 0.167. The van der Waals surface area contributed by atoms with E-state index >= 15 is 0 Å². The lowest BCUT2D eigenvalue weighted by atomic mass is 10.3. The normalized spacial score (nSPS) is 20.9. The molecule has 2 heteroatoms. The van der Waals surface area contributed by atoms with Gasteiger partial charge in [0.15, 0.2) is 0 Å². The predicted octanol–water partition coefficient (Wildman–Crippen LogP) is 4.69. The van der Waals surface area contributed by atoms with Crippen molar-refractivity contribution in [2.75, 3.05) is 0 Å². The van der Waals surface area contributed by atoms with E-state index in [9.17, 15) is 0 Å². The van der Waals surface area contributed by atoms with Crippen molar-refractivity contribution in [2.24, 2.45) is 0 Å². The molecule has 0 fully saturated rings. The minimum Gasteiger partial charge on any atom is -0.0972 e. The molecule has 0 aromatic heterocycles. The first-order valence-corrected chi connectivity index (χ1v) is 6.45. The predicted molar refractivity (Wildman–Crippen MR) is 65.7 cm³/mol. The van der Waals surface area contributed by atoms with Crippen molar-refractivity contribution < 1.29 is 0 Å². The van der Waals surface area contributed by atoms with Gasteiger partial charge in [-0.3, -0.25) is 0 Å². The molecule has 0 amide bonds. The van der Waals surface area contributed by atoms with Gasteiger partial charge < -0.3 is 0 Å². The summed E-state index contributed by atoms with van der Waals surface area (Å²) in [5.74, 6) is 0. The third-order valence-corrected chi connectivity index (χ3v) is 3.94. The molecule has 0 spiro atoms. The Morgan fingerprint density at radius 2 is 1.29 bits per heavy atom. The summed E-state index contributed by atoms with van der Waals surface area (Å²) in [6.07, 6.45) is 6.77. The Morgan fingerprint density at radius 1 is 0.786 bits per heavy atom. The molecular formula is C12H12S2. The minimum atomic E-state index is 1.15. The molecule has 72 valence electrons. The topological polar surface area (TPSA) is 0 Å². The number of hydrogen-bond donors (Lipinski definition) is 0. The maximum absolute atomic E-state index is 2.24. The average Bonchev–Trinajstić information content (AvgIpc) is 2.25. The van der Waals surface area contributed by atoms with Gasteiger partial charge in [-0.05, 0) is 35.8 Å². The van der Waals surface area contributed by atoms with Gasteiger partial charge in [-0.1, -0.05) is 47.8 Å². The Kier molecular flexibility index (Phi) is 3.78. The molecule has 1 aliphatic rings. The number of benzene rings is 1. The quantitative estimate of drug-likeness (QED) is 0.622. The Labute approximate surface area is 93.5 Å². The van der Waals surface area contributed by atoms with Crippen molar-refractivity contribution in [1.29, 1.82) is 0 Å². The lowest BCUT2D eigenvalue weighted by Gasteiger charge is -2.04. The van der Waals surface area contributed by atoms with E-state index in [0.717, 1.165) is 12.8 Å². The second-order valence-electron chi connectivity index (χ2n) is 3.00. The van der Waals surface area contributed by atoms with Gasteiger partial charge >= 0.3 is 0 Å². The zero-order chi connectivity index (χ0) is 9.64. The van der Waals surface area contributed by atoms with E-state index in [1.54, 1.807) is 0 Å². The van der Waals surface area contributed by atoms with Crippen molar-refractivity contribution >= 4 is 23.5 Å². The Bertz CT molecular complexity index is 318. The number of rotatable bonds is 0. The van der Waals surface area contributed by atoms with Crippen molar-refractivity contribution in [3.05, 3.63) is 47.2 Å². The second-order valence-corrected chi connectivity index (χ2v) is 4.90. The van der Waals surface area contributed by atoms with E-state index in [4.69, 9.17) is 0 Å². The van der Waals surface area contributed by atoms with Crippen molar-refractivity contribution in [2.45, 2.75) is 22.6 Å². The molecule has 0 bridgehead atoms. The average molecular weight is 220 g/mol. The monoisotopic (exact) mass is 220 g/mol. The van der Waals surface area contributed by atoms with Crippen molar-refractivity contribution in [1.82, 2.24) is 0 Å². The molecular weight excluding hydrogens is 208 g/mol. The minimum absolute atomic E-state index is 1.15. The van der Waals surface area contributed by atoms with Crippen LogP contribution in [0.4, 0.5) is 0 Å². The van der Waals surface area contributed by atoms with Crippen LogP contribution in [0.15, 0.2) is 57.0 Å². The van der Waals surface area contributed by atoms with Gasteiger partial charge in [-0.2, -0.15) is 0 Å². The fourth-order valence-corrected chi connectivity index (χ4v) is 2.95. The molecule has 1 aromatic rings. The zero-order valence-corrected chi connectivity index (χ0v) is 9.48. The van der Waals surface area contributed by atoms with Crippen LogP contribution < -0.4 is 0 Å². The molecule has 0 N–H and O–H groups in total. The van der Waals surface area contributed by atoms with Crippen LogP contribution in [-0.4, -0.2) is 0 Å². The van der Waals surface area contributed by atoms with E-state index in [-0.39, 0.29) is 0 Å². The highest BCUT2D eigenvalue weighted by Gasteiger charge is 1.99. The molecule has 1 aliphatic heterocycles. The molecule has 14 heavy (non-hydrogen) atoms. The number of allylic oxidation sites excluding steroid dienone is 2. The zero-order valence-electron chi connectivity index (χ0n) is 7.85. The van der Waals surface area contributed by atoms with Crippen LogP contribution in [0, 0.1) is 0 Å². The van der Waals surface area contributed by atoms with E-state index in [0.29, 0.717) is 0 Å². The lowest BCUT2D eigenvalue weighted by molar-refractivity contribution is 1.06. The Balaban J connectivity index is 2.27. The molecule has 1 aromatic carbocycles. The summed E-state index contributed by atoms with van der Waals surface area (Å²) in [7, 11) is 0. The maximum atomic E-state index is 2.24. The number of thioether (sulfide) groups is 2. The number of fused-ring (bicyclic) bond motifs is 1. The molecule has 0 saturated carbocycles. The standard InChI is InChI=1S/C12H12S2/c1-2-6-10-14-12-8-4-3-7-11(12)13-9-5-1/h3-10H,1-2H2/b9-5+,10-6+. The summed E-state index contributed by atoms with van der Waals surface area (Å²) in [5, 5.41) is 4.39. The summed E-state index contributed by atoms with van der Waals surface area (Å²) < 4.78 is 0. The first-order valence-electron chi connectivity index (χ1n) is 4.69. The summed E-state index contributed by atoms with van der Waals surface area (Å²) in [6, 6.07) is 8.53. The van der Waals surface area contributed by atoms with E-state index in [1.807, 2.05) is 23.5 Å². The van der Waals surface area contributed by atoms with E-state index in [1.165, 1.54) is 9.79 Å². The fourth-order valence-electron chi connectivity index (χ4n) is 1.22. The van der Waals surface area contributed by atoms with Crippen LogP contribution in [0.5, 0.6) is 0 Å². The summed E-state index contributed by atoms with van der Waals surface area (Å²) in [4.78, 5) is 2.70. The SMILES string of the molecule is C1=C/Sc2ccccc2S/C=C/CC/1. The third-order valence-electron chi connectivity index (χ3n) is 1.93. The van der Waals surface area contributed by atoms with Gasteiger partial charge in [-0.15, -0.1) is 0 Å². The highest BCUT2D eigenvalue weighted by Crippen LogP contribution is 2.32.